The van der Waals surface area contributed by atoms with Gasteiger partial charge in [-0.15, -0.1) is 0 Å². The highest BCUT2D eigenvalue weighted by Gasteiger charge is 2.52. The standard InChI is InChI=1S/C18H23N3O16/c1-2-11(22)35-17-16(37-14(25)5-8-21(31)32)15(36-13(24)4-7-20(29)30)10(34-18(17)26)9-33-12(23)3-6-19(27)28/h2,10,15-18,26H,1,3-9H2/t10-,15-,16+,17-,18+/m1/s1. The van der Waals surface area contributed by atoms with E-state index in [0.29, 0.717) is 6.08 Å². The first-order chi connectivity index (χ1) is 17.3. The van der Waals surface area contributed by atoms with Crippen LogP contribution in [0.15, 0.2) is 12.7 Å². The third-order valence-electron chi connectivity index (χ3n) is 4.47. The van der Waals surface area contributed by atoms with Crippen molar-refractivity contribution in [2.45, 2.75) is 50.0 Å². The van der Waals surface area contributed by atoms with Gasteiger partial charge in [-0.3, -0.25) is 44.7 Å². The zero-order valence-electron chi connectivity index (χ0n) is 19.0. The van der Waals surface area contributed by atoms with E-state index in [9.17, 15) is 54.6 Å². The second-order valence-corrected chi connectivity index (χ2v) is 7.18. The van der Waals surface area contributed by atoms with Gasteiger partial charge in [0.15, 0.2) is 24.6 Å². The number of nitro groups is 3. The number of aliphatic hydroxyl groups is 1. The van der Waals surface area contributed by atoms with Crippen molar-refractivity contribution in [3.63, 3.8) is 0 Å². The van der Waals surface area contributed by atoms with Crippen LogP contribution in [0.25, 0.3) is 0 Å². The fourth-order valence-electron chi connectivity index (χ4n) is 2.83. The molecular formula is C18H23N3O16. The second kappa shape index (κ2) is 15.0. The molecule has 19 heteroatoms. The second-order valence-electron chi connectivity index (χ2n) is 7.18. The van der Waals surface area contributed by atoms with Crippen LogP contribution in [0.5, 0.6) is 0 Å². The monoisotopic (exact) mass is 537 g/mol. The summed E-state index contributed by atoms with van der Waals surface area (Å²) in [7, 11) is 0. The number of hydrogen-bond acceptors (Lipinski definition) is 16. The number of nitrogens with zero attached hydrogens (tertiary/aromatic N) is 3. The van der Waals surface area contributed by atoms with Gasteiger partial charge in [-0.05, 0) is 0 Å². The SMILES string of the molecule is C=CC(=O)O[C@@H]1[C@@H](OC(=O)CC[N+](=O)[O-])[C@H](OC(=O)CC[N+](=O)[O-])[C@@H](COC(=O)CC[N+](=O)[O-])O[C@@H]1O. The van der Waals surface area contributed by atoms with Crippen LogP contribution in [0, 0.1) is 30.3 Å². The summed E-state index contributed by atoms with van der Waals surface area (Å²) in [5.74, 6) is -4.72. The molecule has 37 heavy (non-hydrogen) atoms. The zero-order chi connectivity index (χ0) is 28.1. The molecule has 1 aliphatic rings. The minimum absolute atomic E-state index is 0.658. The highest BCUT2D eigenvalue weighted by atomic mass is 16.7. The van der Waals surface area contributed by atoms with Gasteiger partial charge in [-0.25, -0.2) is 4.79 Å². The van der Waals surface area contributed by atoms with Crippen LogP contribution in [0.1, 0.15) is 19.3 Å². The Hall–Kier alpha value is -4.26. The van der Waals surface area contributed by atoms with Crippen molar-refractivity contribution in [3.8, 4) is 0 Å². The lowest BCUT2D eigenvalue weighted by molar-refractivity contribution is -0.479. The Bertz CT molecular complexity index is 907. The molecule has 0 aromatic carbocycles. The van der Waals surface area contributed by atoms with E-state index in [-0.39, 0.29) is 0 Å². The molecule has 1 rings (SSSR count). The molecule has 0 radical (unpaired) electrons. The molecular weight excluding hydrogens is 514 g/mol. The maximum Gasteiger partial charge on any atom is 0.330 e. The average Bonchev–Trinajstić information content (AvgIpc) is 2.82. The lowest BCUT2D eigenvalue weighted by atomic mass is 9.98. The largest absolute Gasteiger partial charge is 0.463 e. The van der Waals surface area contributed by atoms with Crippen molar-refractivity contribution in [1.29, 1.82) is 0 Å². The van der Waals surface area contributed by atoms with Crippen LogP contribution in [0.4, 0.5) is 0 Å². The van der Waals surface area contributed by atoms with Crippen LogP contribution in [-0.2, 0) is 42.9 Å². The van der Waals surface area contributed by atoms with Gasteiger partial charge in [0.1, 0.15) is 32.0 Å². The van der Waals surface area contributed by atoms with Crippen molar-refractivity contribution in [3.05, 3.63) is 43.0 Å². The number of ether oxygens (including phenoxy) is 5. The maximum absolute atomic E-state index is 12.2. The molecule has 1 N–H and O–H groups in total. The van der Waals surface area contributed by atoms with Gasteiger partial charge >= 0.3 is 23.9 Å². The third-order valence-corrected chi connectivity index (χ3v) is 4.47. The summed E-state index contributed by atoms with van der Waals surface area (Å²) in [6.45, 7) is -0.181. The summed E-state index contributed by atoms with van der Waals surface area (Å²) >= 11 is 0. The summed E-state index contributed by atoms with van der Waals surface area (Å²) in [6.07, 6.45) is -10.9. The molecule has 0 aromatic rings. The molecule has 1 aliphatic heterocycles. The molecule has 0 unspecified atom stereocenters. The first kappa shape index (κ1) is 30.8. The summed E-state index contributed by atoms with van der Waals surface area (Å²) in [5, 5.41) is 41.9. The van der Waals surface area contributed by atoms with E-state index >= 15 is 0 Å². The first-order valence-electron chi connectivity index (χ1n) is 10.4. The molecule has 0 amide bonds. The van der Waals surface area contributed by atoms with Gasteiger partial charge in [-0.2, -0.15) is 0 Å². The Balaban J connectivity index is 3.24. The topological polar surface area (TPSA) is 264 Å². The van der Waals surface area contributed by atoms with Crippen LogP contribution in [0.2, 0.25) is 0 Å². The molecule has 5 atom stereocenters. The van der Waals surface area contributed by atoms with E-state index in [1.807, 2.05) is 0 Å². The molecule has 0 spiro atoms. The van der Waals surface area contributed by atoms with Crippen molar-refractivity contribution in [1.82, 2.24) is 0 Å². The predicted molar refractivity (Wildman–Crippen MR) is 111 cm³/mol. The zero-order valence-corrected chi connectivity index (χ0v) is 19.0. The van der Waals surface area contributed by atoms with Crippen LogP contribution in [-0.4, -0.2) is 101 Å². The van der Waals surface area contributed by atoms with E-state index in [0.717, 1.165) is 0 Å². The van der Waals surface area contributed by atoms with E-state index in [1.54, 1.807) is 0 Å². The molecule has 206 valence electrons. The molecule has 1 saturated heterocycles. The summed E-state index contributed by atoms with van der Waals surface area (Å²) in [6, 6.07) is 0. The number of esters is 4. The van der Waals surface area contributed by atoms with E-state index < -0.39 is 115 Å². The third kappa shape index (κ3) is 11.3. The molecule has 1 fully saturated rings. The Morgan fingerprint density at radius 1 is 0.784 bits per heavy atom. The minimum atomic E-state index is -2.09. The molecule has 0 aromatic heterocycles. The maximum atomic E-state index is 12.2. The molecule has 0 aliphatic carbocycles. The molecule has 0 bridgehead atoms. The molecule has 1 heterocycles. The van der Waals surface area contributed by atoms with Crippen molar-refractivity contribution in [2.75, 3.05) is 26.2 Å². The van der Waals surface area contributed by atoms with E-state index in [1.165, 1.54) is 0 Å². The number of hydrogen-bond donors (Lipinski definition) is 1. The quantitative estimate of drug-likeness (QED) is 0.0791. The summed E-state index contributed by atoms with van der Waals surface area (Å²) < 4.78 is 25.1. The lowest BCUT2D eigenvalue weighted by Gasteiger charge is -2.42. The molecule has 0 saturated carbocycles. The highest BCUT2D eigenvalue weighted by molar-refractivity contribution is 5.81. The van der Waals surface area contributed by atoms with Gasteiger partial charge in [-0.1, -0.05) is 6.58 Å². The summed E-state index contributed by atoms with van der Waals surface area (Å²) in [5.41, 5.74) is 0. The smallest absolute Gasteiger partial charge is 0.330 e. The Morgan fingerprint density at radius 2 is 1.24 bits per heavy atom. The van der Waals surface area contributed by atoms with Gasteiger partial charge in [0.25, 0.3) is 0 Å². The Morgan fingerprint density at radius 3 is 1.70 bits per heavy atom. The number of carbonyl (C=O) groups is 4. The normalized spacial score (nSPS) is 22.7. The Kier molecular flexibility index (Phi) is 12.5. The predicted octanol–water partition coefficient (Wildman–Crippen LogP) is -1.83. The number of aliphatic hydroxyl groups excluding tert-OH is 1. The van der Waals surface area contributed by atoms with Gasteiger partial charge in [0.2, 0.25) is 19.6 Å². The van der Waals surface area contributed by atoms with Gasteiger partial charge < -0.3 is 28.8 Å². The van der Waals surface area contributed by atoms with Crippen molar-refractivity contribution >= 4 is 23.9 Å². The van der Waals surface area contributed by atoms with Crippen LogP contribution >= 0.6 is 0 Å². The summed E-state index contributed by atoms with van der Waals surface area (Å²) in [4.78, 5) is 77.1. The van der Waals surface area contributed by atoms with Crippen molar-refractivity contribution < 1.29 is 62.7 Å². The highest BCUT2D eigenvalue weighted by Crippen LogP contribution is 2.28. The van der Waals surface area contributed by atoms with Crippen molar-refractivity contribution in [2.24, 2.45) is 0 Å². The molecule has 19 nitrogen and oxygen atoms in total. The number of rotatable bonds is 15. The van der Waals surface area contributed by atoms with Gasteiger partial charge in [0, 0.05) is 20.8 Å². The number of carbonyl (C=O) groups excluding carboxylic acids is 4. The fraction of sp³-hybridized carbons (Fsp3) is 0.667. The van der Waals surface area contributed by atoms with E-state index in [4.69, 9.17) is 23.7 Å². The van der Waals surface area contributed by atoms with Crippen LogP contribution in [0.3, 0.4) is 0 Å². The average molecular weight is 537 g/mol. The van der Waals surface area contributed by atoms with Crippen LogP contribution < -0.4 is 0 Å². The minimum Gasteiger partial charge on any atom is -0.463 e. The fourth-order valence-corrected chi connectivity index (χ4v) is 2.83. The van der Waals surface area contributed by atoms with E-state index in [2.05, 4.69) is 6.58 Å². The van der Waals surface area contributed by atoms with Gasteiger partial charge in [0.05, 0.1) is 0 Å². The Labute approximate surface area is 206 Å². The lowest BCUT2D eigenvalue weighted by Crippen LogP contribution is -2.62. The first-order valence-corrected chi connectivity index (χ1v) is 10.4.